The summed E-state index contributed by atoms with van der Waals surface area (Å²) < 4.78 is 12.0. The zero-order chi connectivity index (χ0) is 21.1. The SMILES string of the molecule is COc1ccc(-n2nc(C(=O)O)c(=O)n(Cc3ccccc3Cl)c2=O)cc1OC. The molecule has 3 aromatic rings. The normalized spacial score (nSPS) is 10.6. The third kappa shape index (κ3) is 3.85. The number of methoxy groups -OCH3 is 2. The standard InChI is InChI=1S/C19H16ClN3O6/c1-28-14-8-7-12(9-15(14)29-2)23-19(27)22(17(24)16(21-23)18(25)26)10-11-5-3-4-6-13(11)20/h3-9H,10H2,1-2H3,(H,25,26). The number of rotatable bonds is 6. The van der Waals surface area contributed by atoms with Crippen LogP contribution in [0.5, 0.6) is 11.5 Å². The van der Waals surface area contributed by atoms with Crippen molar-refractivity contribution in [1.29, 1.82) is 0 Å². The van der Waals surface area contributed by atoms with Crippen LogP contribution in [0.3, 0.4) is 0 Å². The summed E-state index contributed by atoms with van der Waals surface area (Å²) in [7, 11) is 2.87. The molecule has 0 aliphatic rings. The minimum Gasteiger partial charge on any atom is -0.493 e. The van der Waals surface area contributed by atoms with Gasteiger partial charge in [0.2, 0.25) is 5.69 Å². The van der Waals surface area contributed by atoms with Crippen molar-refractivity contribution in [2.45, 2.75) is 6.54 Å². The molecule has 0 atom stereocenters. The van der Waals surface area contributed by atoms with Crippen molar-refractivity contribution in [3.05, 3.63) is 79.6 Å². The molecule has 0 saturated carbocycles. The van der Waals surface area contributed by atoms with Crippen LogP contribution >= 0.6 is 11.6 Å². The summed E-state index contributed by atoms with van der Waals surface area (Å²) in [5, 5.41) is 13.5. The molecule has 9 nitrogen and oxygen atoms in total. The fourth-order valence-corrected chi connectivity index (χ4v) is 2.91. The minimum absolute atomic E-state index is 0.197. The van der Waals surface area contributed by atoms with Gasteiger partial charge in [0.25, 0.3) is 5.56 Å². The number of halogens is 1. The Balaban J connectivity index is 2.25. The van der Waals surface area contributed by atoms with E-state index in [2.05, 4.69) is 5.10 Å². The number of nitrogens with zero attached hydrogens (tertiary/aromatic N) is 3. The summed E-state index contributed by atoms with van der Waals surface area (Å²) in [5.41, 5.74) is -1.98. The number of carboxylic acids is 1. The first-order chi connectivity index (χ1) is 13.9. The molecular weight excluding hydrogens is 402 g/mol. The van der Waals surface area contributed by atoms with Crippen molar-refractivity contribution in [2.24, 2.45) is 0 Å². The molecular formula is C19H16ClN3O6. The van der Waals surface area contributed by atoms with E-state index in [4.69, 9.17) is 21.1 Å². The van der Waals surface area contributed by atoms with Gasteiger partial charge in [-0.3, -0.25) is 9.36 Å². The molecule has 1 heterocycles. The van der Waals surface area contributed by atoms with Crippen molar-refractivity contribution >= 4 is 17.6 Å². The van der Waals surface area contributed by atoms with E-state index in [1.165, 1.54) is 32.4 Å². The monoisotopic (exact) mass is 417 g/mol. The van der Waals surface area contributed by atoms with Crippen LogP contribution < -0.4 is 20.7 Å². The van der Waals surface area contributed by atoms with E-state index in [1.54, 1.807) is 24.3 Å². The first-order valence-corrected chi connectivity index (χ1v) is 8.68. The predicted molar refractivity (Wildman–Crippen MR) is 105 cm³/mol. The molecule has 0 fully saturated rings. The number of hydrogen-bond acceptors (Lipinski definition) is 6. The maximum Gasteiger partial charge on any atom is 0.362 e. The van der Waals surface area contributed by atoms with Gasteiger partial charge >= 0.3 is 11.7 Å². The Morgan fingerprint density at radius 2 is 1.79 bits per heavy atom. The second kappa shape index (κ2) is 8.19. The quantitative estimate of drug-likeness (QED) is 0.650. The van der Waals surface area contributed by atoms with Crippen molar-refractivity contribution < 1.29 is 19.4 Å². The molecule has 29 heavy (non-hydrogen) atoms. The molecule has 0 spiro atoms. The van der Waals surface area contributed by atoms with Gasteiger partial charge in [0, 0.05) is 11.1 Å². The lowest BCUT2D eigenvalue weighted by Gasteiger charge is -2.13. The smallest absolute Gasteiger partial charge is 0.362 e. The molecule has 0 unspecified atom stereocenters. The van der Waals surface area contributed by atoms with E-state index in [-0.39, 0.29) is 12.2 Å². The van der Waals surface area contributed by atoms with Crippen molar-refractivity contribution in [2.75, 3.05) is 14.2 Å². The third-order valence-electron chi connectivity index (χ3n) is 4.16. The van der Waals surface area contributed by atoms with Crippen LogP contribution in [-0.2, 0) is 6.54 Å². The molecule has 2 aromatic carbocycles. The Labute approximate surface area is 169 Å². The Kier molecular flexibility index (Phi) is 5.69. The summed E-state index contributed by atoms with van der Waals surface area (Å²) in [6.45, 7) is -0.215. The maximum atomic E-state index is 13.0. The van der Waals surface area contributed by atoms with Gasteiger partial charge in [-0.25, -0.2) is 9.59 Å². The van der Waals surface area contributed by atoms with Gasteiger partial charge < -0.3 is 14.6 Å². The maximum absolute atomic E-state index is 13.0. The second-order valence-electron chi connectivity index (χ2n) is 5.87. The molecule has 1 N–H and O–H groups in total. The van der Waals surface area contributed by atoms with Gasteiger partial charge in [0.15, 0.2) is 11.5 Å². The Morgan fingerprint density at radius 3 is 2.41 bits per heavy atom. The Morgan fingerprint density at radius 1 is 1.10 bits per heavy atom. The molecule has 0 bridgehead atoms. The molecule has 0 saturated heterocycles. The summed E-state index contributed by atoms with van der Waals surface area (Å²) in [5.74, 6) is -0.844. The summed E-state index contributed by atoms with van der Waals surface area (Å²) in [6, 6.07) is 11.1. The third-order valence-corrected chi connectivity index (χ3v) is 4.53. The van der Waals surface area contributed by atoms with Crippen molar-refractivity contribution in [1.82, 2.24) is 14.3 Å². The number of aromatic nitrogens is 3. The molecule has 10 heteroatoms. The van der Waals surface area contributed by atoms with Gasteiger partial charge in [0.05, 0.1) is 26.5 Å². The predicted octanol–water partition coefficient (Wildman–Crippen LogP) is 1.81. The van der Waals surface area contributed by atoms with Crippen LogP contribution in [0.4, 0.5) is 0 Å². The topological polar surface area (TPSA) is 113 Å². The van der Waals surface area contributed by atoms with Gasteiger partial charge in [-0.15, -0.1) is 0 Å². The number of ether oxygens (including phenoxy) is 2. The zero-order valence-electron chi connectivity index (χ0n) is 15.5. The largest absolute Gasteiger partial charge is 0.493 e. The highest BCUT2D eigenvalue weighted by atomic mass is 35.5. The number of hydrogen-bond donors (Lipinski definition) is 1. The summed E-state index contributed by atoms with van der Waals surface area (Å²) in [4.78, 5) is 37.1. The number of carboxylic acid groups (broad SMARTS) is 1. The van der Waals surface area contributed by atoms with Gasteiger partial charge in [-0.2, -0.15) is 9.78 Å². The lowest BCUT2D eigenvalue weighted by atomic mass is 10.2. The molecule has 0 aliphatic carbocycles. The molecule has 3 rings (SSSR count). The highest BCUT2D eigenvalue weighted by Crippen LogP contribution is 2.28. The molecule has 0 radical (unpaired) electrons. The van der Waals surface area contributed by atoms with Gasteiger partial charge in [-0.05, 0) is 23.8 Å². The van der Waals surface area contributed by atoms with Crippen LogP contribution in [0, 0.1) is 0 Å². The van der Waals surface area contributed by atoms with E-state index in [1.807, 2.05) is 0 Å². The molecule has 150 valence electrons. The van der Waals surface area contributed by atoms with Crippen LogP contribution in [0.2, 0.25) is 5.02 Å². The minimum atomic E-state index is -1.56. The van der Waals surface area contributed by atoms with E-state index >= 15 is 0 Å². The second-order valence-corrected chi connectivity index (χ2v) is 6.28. The van der Waals surface area contributed by atoms with Crippen molar-refractivity contribution in [3.63, 3.8) is 0 Å². The average molecular weight is 418 g/mol. The fourth-order valence-electron chi connectivity index (χ4n) is 2.71. The molecule has 0 amide bonds. The van der Waals surface area contributed by atoms with Crippen LogP contribution in [0.15, 0.2) is 52.1 Å². The lowest BCUT2D eigenvalue weighted by Crippen LogP contribution is -2.44. The van der Waals surface area contributed by atoms with Gasteiger partial charge in [-0.1, -0.05) is 29.8 Å². The Hall–Kier alpha value is -3.59. The van der Waals surface area contributed by atoms with E-state index in [9.17, 15) is 19.5 Å². The average Bonchev–Trinajstić information content (AvgIpc) is 2.71. The fraction of sp³-hybridized carbons (Fsp3) is 0.158. The van der Waals surface area contributed by atoms with E-state index in [0.29, 0.717) is 22.1 Å². The molecule has 0 aliphatic heterocycles. The lowest BCUT2D eigenvalue weighted by molar-refractivity contribution is 0.0684. The number of benzene rings is 2. The number of aromatic carboxylic acids is 1. The zero-order valence-corrected chi connectivity index (χ0v) is 16.2. The van der Waals surface area contributed by atoms with E-state index in [0.717, 1.165) is 9.25 Å². The summed E-state index contributed by atoms with van der Waals surface area (Å²) >= 11 is 6.12. The summed E-state index contributed by atoms with van der Waals surface area (Å²) in [6.07, 6.45) is 0. The highest BCUT2D eigenvalue weighted by Gasteiger charge is 2.21. The highest BCUT2D eigenvalue weighted by molar-refractivity contribution is 6.31. The number of carbonyl (C=O) groups is 1. The van der Waals surface area contributed by atoms with Crippen molar-refractivity contribution in [3.8, 4) is 17.2 Å². The van der Waals surface area contributed by atoms with Crippen LogP contribution in [0.1, 0.15) is 16.1 Å². The first-order valence-electron chi connectivity index (χ1n) is 8.30. The van der Waals surface area contributed by atoms with Crippen LogP contribution in [-0.4, -0.2) is 39.6 Å². The van der Waals surface area contributed by atoms with Gasteiger partial charge in [0.1, 0.15) is 0 Å². The first kappa shape index (κ1) is 20.2. The Bertz CT molecular complexity index is 1200. The molecule has 1 aromatic heterocycles. The van der Waals surface area contributed by atoms with E-state index < -0.39 is 22.9 Å². The van der Waals surface area contributed by atoms with Crippen LogP contribution in [0.25, 0.3) is 5.69 Å².